The van der Waals surface area contributed by atoms with Crippen molar-refractivity contribution in [3.63, 3.8) is 0 Å². The molecule has 2 atom stereocenters. The SMILES string of the molecule is Cc1csc(SCC(O)N2CCC[C@H]2C(=O)Nc2ccccc2-n2cccc2)n1. The molecule has 1 aliphatic heterocycles. The number of aliphatic hydroxyl groups excluding tert-OH is 1. The first-order valence-corrected chi connectivity index (χ1v) is 11.5. The molecule has 2 aromatic heterocycles. The van der Waals surface area contributed by atoms with Crippen molar-refractivity contribution in [2.24, 2.45) is 0 Å². The molecule has 6 nitrogen and oxygen atoms in total. The standard InChI is InChI=1S/C21H24N4O2S2/c1-15-13-28-21(22-15)29-14-19(26)25-12-6-9-18(25)20(27)23-16-7-2-3-8-17(16)24-10-4-5-11-24/h2-5,7-8,10-11,13,18-19,26H,6,9,12,14H2,1H3,(H,23,27)/t18-,19?/m0/s1. The Kier molecular flexibility index (Phi) is 6.34. The van der Waals surface area contributed by atoms with E-state index in [1.54, 1.807) is 11.3 Å². The number of anilines is 1. The molecule has 152 valence electrons. The van der Waals surface area contributed by atoms with Crippen molar-refractivity contribution in [1.29, 1.82) is 0 Å². The van der Waals surface area contributed by atoms with E-state index in [4.69, 9.17) is 0 Å². The molecule has 3 heterocycles. The maximum absolute atomic E-state index is 13.0. The number of aromatic nitrogens is 2. The molecular formula is C21H24N4O2S2. The summed E-state index contributed by atoms with van der Waals surface area (Å²) in [5.41, 5.74) is 2.68. The Balaban J connectivity index is 1.42. The van der Waals surface area contributed by atoms with E-state index >= 15 is 0 Å². The van der Waals surface area contributed by atoms with Gasteiger partial charge in [-0.1, -0.05) is 23.9 Å². The van der Waals surface area contributed by atoms with Crippen LogP contribution in [0, 0.1) is 6.92 Å². The smallest absolute Gasteiger partial charge is 0.241 e. The second-order valence-electron chi connectivity index (χ2n) is 7.04. The fourth-order valence-corrected chi connectivity index (χ4v) is 5.42. The lowest BCUT2D eigenvalue weighted by Crippen LogP contribution is -2.46. The van der Waals surface area contributed by atoms with E-state index in [0.29, 0.717) is 5.75 Å². The summed E-state index contributed by atoms with van der Waals surface area (Å²) in [5.74, 6) is 0.424. The minimum atomic E-state index is -0.679. The first-order valence-electron chi connectivity index (χ1n) is 9.64. The van der Waals surface area contributed by atoms with Gasteiger partial charge in [-0.05, 0) is 44.0 Å². The highest BCUT2D eigenvalue weighted by Crippen LogP contribution is 2.28. The number of likely N-dealkylation sites (tertiary alicyclic amines) is 1. The molecule has 1 fully saturated rings. The Morgan fingerprint density at radius 3 is 2.90 bits per heavy atom. The Labute approximate surface area is 178 Å². The van der Waals surface area contributed by atoms with Crippen molar-refractivity contribution in [3.05, 3.63) is 59.9 Å². The van der Waals surface area contributed by atoms with Crippen LogP contribution in [-0.2, 0) is 4.79 Å². The van der Waals surface area contributed by atoms with Gasteiger partial charge < -0.3 is 15.0 Å². The van der Waals surface area contributed by atoms with Crippen LogP contribution in [-0.4, -0.2) is 50.0 Å². The normalized spacial score (nSPS) is 18.1. The van der Waals surface area contributed by atoms with E-state index < -0.39 is 6.23 Å². The molecule has 29 heavy (non-hydrogen) atoms. The van der Waals surface area contributed by atoms with Gasteiger partial charge in [0.2, 0.25) is 5.91 Å². The summed E-state index contributed by atoms with van der Waals surface area (Å²) in [5, 5.41) is 15.8. The predicted molar refractivity (Wildman–Crippen MR) is 118 cm³/mol. The minimum absolute atomic E-state index is 0.0729. The van der Waals surface area contributed by atoms with Gasteiger partial charge in [0.1, 0.15) is 10.6 Å². The van der Waals surface area contributed by atoms with Gasteiger partial charge in [0.15, 0.2) is 0 Å². The topological polar surface area (TPSA) is 70.4 Å². The maximum atomic E-state index is 13.0. The fourth-order valence-electron chi connectivity index (χ4n) is 3.58. The molecule has 1 saturated heterocycles. The second kappa shape index (κ2) is 9.13. The number of thioether (sulfide) groups is 1. The summed E-state index contributed by atoms with van der Waals surface area (Å²) in [6.45, 7) is 2.68. The lowest BCUT2D eigenvalue weighted by atomic mass is 10.2. The molecule has 1 aliphatic rings. The maximum Gasteiger partial charge on any atom is 0.241 e. The predicted octanol–water partition coefficient (Wildman–Crippen LogP) is 3.76. The zero-order chi connectivity index (χ0) is 20.2. The van der Waals surface area contributed by atoms with E-state index in [0.717, 1.165) is 40.8 Å². The van der Waals surface area contributed by atoms with E-state index in [2.05, 4.69) is 10.3 Å². The third kappa shape index (κ3) is 4.72. The highest BCUT2D eigenvalue weighted by atomic mass is 32.2. The average Bonchev–Trinajstić information content (AvgIpc) is 3.48. The molecule has 8 heteroatoms. The number of benzene rings is 1. The quantitative estimate of drug-likeness (QED) is 0.561. The zero-order valence-electron chi connectivity index (χ0n) is 16.2. The van der Waals surface area contributed by atoms with Gasteiger partial charge in [0.25, 0.3) is 0 Å². The highest BCUT2D eigenvalue weighted by Gasteiger charge is 2.35. The molecule has 3 aromatic rings. The molecular weight excluding hydrogens is 404 g/mol. The van der Waals surface area contributed by atoms with Crippen molar-refractivity contribution in [1.82, 2.24) is 14.5 Å². The second-order valence-corrected chi connectivity index (χ2v) is 9.16. The molecule has 2 N–H and O–H groups in total. The number of carbonyl (C=O) groups is 1. The van der Waals surface area contributed by atoms with Gasteiger partial charge >= 0.3 is 0 Å². The third-order valence-corrected chi connectivity index (χ3v) is 7.18. The molecule has 0 aliphatic carbocycles. The molecule has 0 bridgehead atoms. The van der Waals surface area contributed by atoms with Gasteiger partial charge in [0, 0.05) is 35.8 Å². The Morgan fingerprint density at radius 1 is 1.34 bits per heavy atom. The summed E-state index contributed by atoms with van der Waals surface area (Å²) in [6, 6.07) is 11.3. The molecule has 0 spiro atoms. The lowest BCUT2D eigenvalue weighted by molar-refractivity contribution is -0.123. The van der Waals surface area contributed by atoms with Gasteiger partial charge in [0.05, 0.1) is 17.4 Å². The van der Waals surface area contributed by atoms with Crippen molar-refractivity contribution < 1.29 is 9.90 Å². The fraction of sp³-hybridized carbons (Fsp3) is 0.333. The van der Waals surface area contributed by atoms with Crippen molar-refractivity contribution in [2.45, 2.75) is 36.4 Å². The number of nitrogens with one attached hydrogen (secondary N) is 1. The Morgan fingerprint density at radius 2 is 2.14 bits per heavy atom. The number of thiazole rings is 1. The van der Waals surface area contributed by atoms with Crippen molar-refractivity contribution >= 4 is 34.7 Å². The summed E-state index contributed by atoms with van der Waals surface area (Å²) in [7, 11) is 0. The monoisotopic (exact) mass is 428 g/mol. The van der Waals surface area contributed by atoms with Crippen LogP contribution in [0.25, 0.3) is 5.69 Å². The van der Waals surface area contributed by atoms with Gasteiger partial charge in [-0.2, -0.15) is 0 Å². The van der Waals surface area contributed by atoms with Gasteiger partial charge in [-0.25, -0.2) is 4.98 Å². The largest absolute Gasteiger partial charge is 0.377 e. The van der Waals surface area contributed by atoms with Crippen molar-refractivity contribution in [3.8, 4) is 5.69 Å². The van der Waals surface area contributed by atoms with Crippen LogP contribution in [0.5, 0.6) is 0 Å². The third-order valence-electron chi connectivity index (χ3n) is 4.98. The minimum Gasteiger partial charge on any atom is -0.377 e. The molecule has 0 saturated carbocycles. The van der Waals surface area contributed by atoms with Crippen LogP contribution >= 0.6 is 23.1 Å². The number of aliphatic hydroxyl groups is 1. The van der Waals surface area contributed by atoms with Crippen LogP contribution in [0.15, 0.2) is 58.5 Å². The van der Waals surface area contributed by atoms with Crippen molar-refractivity contribution in [2.75, 3.05) is 17.6 Å². The number of hydrogen-bond acceptors (Lipinski definition) is 6. The van der Waals surface area contributed by atoms with E-state index in [1.807, 2.05) is 70.6 Å². The average molecular weight is 429 g/mol. The van der Waals surface area contributed by atoms with Gasteiger partial charge in [-0.3, -0.25) is 9.69 Å². The van der Waals surface area contributed by atoms with E-state index in [-0.39, 0.29) is 11.9 Å². The number of aryl methyl sites for hydroxylation is 1. The van der Waals surface area contributed by atoms with E-state index in [9.17, 15) is 9.90 Å². The number of para-hydroxylation sites is 2. The van der Waals surface area contributed by atoms with Crippen LogP contribution < -0.4 is 5.32 Å². The van der Waals surface area contributed by atoms with Gasteiger partial charge in [-0.15, -0.1) is 11.3 Å². The highest BCUT2D eigenvalue weighted by molar-refractivity contribution is 8.01. The molecule has 0 radical (unpaired) electrons. The number of carbonyl (C=O) groups excluding carboxylic acids is 1. The van der Waals surface area contributed by atoms with Crippen LogP contribution in [0.1, 0.15) is 18.5 Å². The molecule has 1 aromatic carbocycles. The molecule has 1 amide bonds. The van der Waals surface area contributed by atoms with E-state index in [1.165, 1.54) is 11.8 Å². The number of nitrogens with zero attached hydrogens (tertiary/aromatic N) is 3. The van der Waals surface area contributed by atoms with Crippen LogP contribution in [0.3, 0.4) is 0 Å². The number of amides is 1. The van der Waals surface area contributed by atoms with Crippen LogP contribution in [0.4, 0.5) is 5.69 Å². The Hall–Kier alpha value is -2.13. The first kappa shape index (κ1) is 20.2. The zero-order valence-corrected chi connectivity index (χ0v) is 17.8. The lowest BCUT2D eigenvalue weighted by Gasteiger charge is -2.28. The first-order chi connectivity index (χ1) is 14.1. The number of rotatable bonds is 7. The molecule has 4 rings (SSSR count). The Bertz CT molecular complexity index is 957. The summed E-state index contributed by atoms with van der Waals surface area (Å²) < 4.78 is 2.92. The molecule has 1 unspecified atom stereocenters. The summed E-state index contributed by atoms with van der Waals surface area (Å²) in [6.07, 6.45) is 4.87. The summed E-state index contributed by atoms with van der Waals surface area (Å²) in [4.78, 5) is 19.4. The summed E-state index contributed by atoms with van der Waals surface area (Å²) >= 11 is 3.12. The van der Waals surface area contributed by atoms with Crippen LogP contribution in [0.2, 0.25) is 0 Å². The number of hydrogen-bond donors (Lipinski definition) is 2.